The first-order valence-corrected chi connectivity index (χ1v) is 11.9. The minimum atomic E-state index is -0.726. The number of likely N-dealkylation sites (tertiary alicyclic amines) is 1. The summed E-state index contributed by atoms with van der Waals surface area (Å²) < 4.78 is 11.0. The lowest BCUT2D eigenvalue weighted by Gasteiger charge is -2.31. The fraction of sp³-hybridized carbons (Fsp3) is 0.385. The molecule has 0 aromatic heterocycles. The summed E-state index contributed by atoms with van der Waals surface area (Å²) in [5.74, 6) is -0.853. The second kappa shape index (κ2) is 11.0. The number of carbonyl (C=O) groups excluding carboxylic acids is 2. The summed E-state index contributed by atoms with van der Waals surface area (Å²) in [6.07, 6.45) is 0.884. The molecule has 0 radical (unpaired) electrons. The number of carbonyl (C=O) groups is 2. The van der Waals surface area contributed by atoms with Crippen LogP contribution in [-0.4, -0.2) is 72.6 Å². The van der Waals surface area contributed by atoms with Crippen molar-refractivity contribution in [2.45, 2.75) is 19.4 Å². The zero-order valence-corrected chi connectivity index (χ0v) is 20.0. The second-order valence-electron chi connectivity index (χ2n) is 8.37. The minimum Gasteiger partial charge on any atom is -0.507 e. The number of Topliss-reactive ketones (excluding diaryl/α,β-unsaturated/α-hetero) is 1. The van der Waals surface area contributed by atoms with Gasteiger partial charge in [0.25, 0.3) is 11.7 Å². The van der Waals surface area contributed by atoms with Gasteiger partial charge in [0.1, 0.15) is 11.5 Å². The summed E-state index contributed by atoms with van der Waals surface area (Å²) >= 11 is 6.24. The van der Waals surface area contributed by atoms with E-state index in [9.17, 15) is 14.7 Å². The molecule has 1 N–H and O–H groups in total. The Morgan fingerprint density at radius 2 is 1.85 bits per heavy atom. The van der Waals surface area contributed by atoms with Gasteiger partial charge >= 0.3 is 0 Å². The second-order valence-corrected chi connectivity index (χ2v) is 8.81. The van der Waals surface area contributed by atoms with Gasteiger partial charge in [-0.05, 0) is 48.4 Å². The monoisotopic (exact) mass is 484 g/mol. The molecule has 2 aliphatic heterocycles. The van der Waals surface area contributed by atoms with E-state index in [0.29, 0.717) is 54.8 Å². The molecule has 2 aliphatic rings. The van der Waals surface area contributed by atoms with Gasteiger partial charge in [0.15, 0.2) is 0 Å². The molecule has 0 aliphatic carbocycles. The summed E-state index contributed by atoms with van der Waals surface area (Å²) in [6.45, 7) is 6.42. The van der Waals surface area contributed by atoms with E-state index in [1.807, 2.05) is 13.0 Å². The van der Waals surface area contributed by atoms with E-state index < -0.39 is 17.7 Å². The summed E-state index contributed by atoms with van der Waals surface area (Å²) in [5.41, 5.74) is 1.19. The number of aliphatic hydroxyl groups is 1. The van der Waals surface area contributed by atoms with E-state index in [4.69, 9.17) is 21.1 Å². The molecule has 34 heavy (non-hydrogen) atoms. The molecular formula is C26H29ClN2O5. The Morgan fingerprint density at radius 3 is 2.53 bits per heavy atom. The van der Waals surface area contributed by atoms with Crippen LogP contribution in [0.3, 0.4) is 0 Å². The molecule has 0 bridgehead atoms. The van der Waals surface area contributed by atoms with Crippen LogP contribution >= 0.6 is 11.6 Å². The predicted octanol–water partition coefficient (Wildman–Crippen LogP) is 3.88. The summed E-state index contributed by atoms with van der Waals surface area (Å²) in [7, 11) is 0. The maximum absolute atomic E-state index is 13.2. The first-order valence-electron chi connectivity index (χ1n) is 11.6. The van der Waals surface area contributed by atoms with E-state index in [0.717, 1.165) is 19.5 Å². The Balaban J connectivity index is 1.68. The van der Waals surface area contributed by atoms with Gasteiger partial charge in [-0.2, -0.15) is 0 Å². The smallest absolute Gasteiger partial charge is 0.295 e. The first kappa shape index (κ1) is 24.3. The van der Waals surface area contributed by atoms with Crippen LogP contribution in [0.15, 0.2) is 54.1 Å². The van der Waals surface area contributed by atoms with Crippen molar-refractivity contribution in [3.8, 4) is 5.75 Å². The molecule has 1 unspecified atom stereocenters. The molecule has 4 rings (SSSR count). The van der Waals surface area contributed by atoms with Crippen LogP contribution in [-0.2, 0) is 14.3 Å². The number of benzene rings is 2. The number of rotatable bonds is 8. The van der Waals surface area contributed by atoms with Crippen LogP contribution in [0.1, 0.15) is 30.5 Å². The average Bonchev–Trinajstić information content (AvgIpc) is 3.11. The zero-order chi connectivity index (χ0) is 24.1. The molecular weight excluding hydrogens is 456 g/mol. The molecule has 8 heteroatoms. The SMILES string of the molecule is CCCOc1ccc(C(O)=C2C(=O)C(=O)N(CCN3CCOCC3)C2c2cccc(Cl)c2)cc1. The van der Waals surface area contributed by atoms with Gasteiger partial charge in [0.05, 0.1) is 31.4 Å². The van der Waals surface area contributed by atoms with Crippen LogP contribution in [0.4, 0.5) is 0 Å². The number of amides is 1. The molecule has 1 amide bonds. The van der Waals surface area contributed by atoms with Crippen molar-refractivity contribution in [2.24, 2.45) is 0 Å². The zero-order valence-electron chi connectivity index (χ0n) is 19.2. The summed E-state index contributed by atoms with van der Waals surface area (Å²) in [5, 5.41) is 11.7. The molecule has 0 spiro atoms. The number of nitrogens with zero attached hydrogens (tertiary/aromatic N) is 2. The van der Waals surface area contributed by atoms with Crippen LogP contribution in [0.25, 0.3) is 5.76 Å². The third kappa shape index (κ3) is 5.27. The van der Waals surface area contributed by atoms with Gasteiger partial charge in [-0.3, -0.25) is 14.5 Å². The van der Waals surface area contributed by atoms with Gasteiger partial charge in [-0.25, -0.2) is 0 Å². The van der Waals surface area contributed by atoms with E-state index in [1.54, 1.807) is 42.5 Å². The Hall–Kier alpha value is -2.87. The van der Waals surface area contributed by atoms with Crippen LogP contribution in [0, 0.1) is 0 Å². The third-order valence-corrected chi connectivity index (χ3v) is 6.30. The van der Waals surface area contributed by atoms with Crippen molar-refractivity contribution >= 4 is 29.1 Å². The Bertz CT molecular complexity index is 1060. The molecule has 2 saturated heterocycles. The lowest BCUT2D eigenvalue weighted by Crippen LogP contribution is -2.42. The molecule has 0 saturated carbocycles. The quantitative estimate of drug-likeness (QED) is 0.348. The number of ether oxygens (including phenoxy) is 2. The number of halogens is 1. The van der Waals surface area contributed by atoms with Crippen LogP contribution < -0.4 is 4.74 Å². The van der Waals surface area contributed by atoms with Gasteiger partial charge in [0, 0.05) is 36.8 Å². The molecule has 180 valence electrons. The maximum atomic E-state index is 13.2. The van der Waals surface area contributed by atoms with E-state index in [2.05, 4.69) is 4.90 Å². The number of aliphatic hydroxyl groups excluding tert-OH is 1. The highest BCUT2D eigenvalue weighted by Crippen LogP contribution is 2.40. The van der Waals surface area contributed by atoms with E-state index >= 15 is 0 Å². The standard InChI is InChI=1S/C26H29ClN2O5/c1-2-14-34-21-8-6-18(7-9-21)24(30)22-23(19-4-3-5-20(27)17-19)29(26(32)25(22)31)11-10-28-12-15-33-16-13-28/h3-9,17,23,30H,2,10-16H2,1H3. The number of ketones is 1. The fourth-order valence-electron chi connectivity index (χ4n) is 4.29. The minimum absolute atomic E-state index is 0.0662. The molecule has 2 heterocycles. The molecule has 2 aromatic carbocycles. The van der Waals surface area contributed by atoms with Crippen LogP contribution in [0.5, 0.6) is 5.75 Å². The first-order chi connectivity index (χ1) is 16.5. The van der Waals surface area contributed by atoms with Crippen molar-refractivity contribution < 1.29 is 24.2 Å². The highest BCUT2D eigenvalue weighted by Gasteiger charge is 2.46. The van der Waals surface area contributed by atoms with E-state index in [-0.39, 0.29) is 11.3 Å². The third-order valence-electron chi connectivity index (χ3n) is 6.07. The van der Waals surface area contributed by atoms with E-state index in [1.165, 1.54) is 4.90 Å². The largest absolute Gasteiger partial charge is 0.507 e. The van der Waals surface area contributed by atoms with Gasteiger partial charge < -0.3 is 19.5 Å². The fourth-order valence-corrected chi connectivity index (χ4v) is 4.49. The van der Waals surface area contributed by atoms with Crippen molar-refractivity contribution in [3.05, 3.63) is 70.3 Å². The number of hydrogen-bond acceptors (Lipinski definition) is 6. The molecule has 2 fully saturated rings. The maximum Gasteiger partial charge on any atom is 0.295 e. The summed E-state index contributed by atoms with van der Waals surface area (Å²) in [4.78, 5) is 30.0. The van der Waals surface area contributed by atoms with Crippen molar-refractivity contribution in [3.63, 3.8) is 0 Å². The van der Waals surface area contributed by atoms with Crippen molar-refractivity contribution in [2.75, 3.05) is 46.0 Å². The molecule has 1 atom stereocenters. The Morgan fingerprint density at radius 1 is 1.12 bits per heavy atom. The summed E-state index contributed by atoms with van der Waals surface area (Å²) in [6, 6.07) is 13.2. The lowest BCUT2D eigenvalue weighted by atomic mass is 9.95. The topological polar surface area (TPSA) is 79.3 Å². The number of morpholine rings is 1. The average molecular weight is 485 g/mol. The van der Waals surface area contributed by atoms with Gasteiger partial charge in [0.2, 0.25) is 0 Å². The Labute approximate surface area is 204 Å². The highest BCUT2D eigenvalue weighted by molar-refractivity contribution is 6.46. The van der Waals surface area contributed by atoms with Crippen LogP contribution in [0.2, 0.25) is 5.02 Å². The van der Waals surface area contributed by atoms with Gasteiger partial charge in [-0.1, -0.05) is 30.7 Å². The van der Waals surface area contributed by atoms with Crippen molar-refractivity contribution in [1.29, 1.82) is 0 Å². The normalized spacial score (nSPS) is 20.6. The number of hydrogen-bond donors (Lipinski definition) is 1. The molecule has 7 nitrogen and oxygen atoms in total. The van der Waals surface area contributed by atoms with Crippen molar-refractivity contribution in [1.82, 2.24) is 9.80 Å². The Kier molecular flexibility index (Phi) is 7.88. The highest BCUT2D eigenvalue weighted by atomic mass is 35.5. The predicted molar refractivity (Wildman–Crippen MR) is 130 cm³/mol. The van der Waals surface area contributed by atoms with Gasteiger partial charge in [-0.15, -0.1) is 0 Å². The lowest BCUT2D eigenvalue weighted by molar-refractivity contribution is -0.140. The molecule has 2 aromatic rings.